The molecule has 3 N–H and O–H groups in total. The molecule has 0 radical (unpaired) electrons. The molecule has 2 heterocycles. The van der Waals surface area contributed by atoms with Crippen molar-refractivity contribution in [3.05, 3.63) is 77.6 Å². The lowest BCUT2D eigenvalue weighted by Gasteiger charge is -2.30. The van der Waals surface area contributed by atoms with Crippen molar-refractivity contribution in [2.75, 3.05) is 13.1 Å². The quantitative estimate of drug-likeness (QED) is 0.252. The normalized spacial score (nSPS) is 14.5. The van der Waals surface area contributed by atoms with E-state index < -0.39 is 18.1 Å². The van der Waals surface area contributed by atoms with E-state index in [1.807, 2.05) is 13.0 Å². The molecule has 3 aromatic carbocycles. The average Bonchev–Trinajstić information content (AvgIpc) is 3.29. The second-order valence-corrected chi connectivity index (χ2v) is 10.0. The zero-order valence-corrected chi connectivity index (χ0v) is 22.1. The fourth-order valence-corrected chi connectivity index (χ4v) is 4.81. The summed E-state index contributed by atoms with van der Waals surface area (Å²) in [6.07, 6.45) is -2.54. The van der Waals surface area contributed by atoms with Gasteiger partial charge in [0.05, 0.1) is 11.1 Å². The van der Waals surface area contributed by atoms with Crippen molar-refractivity contribution in [2.45, 2.75) is 39.4 Å². The van der Waals surface area contributed by atoms with E-state index in [0.29, 0.717) is 11.3 Å². The molecular formula is C30H30F3N3O4. The predicted molar refractivity (Wildman–Crippen MR) is 146 cm³/mol. The van der Waals surface area contributed by atoms with Crippen molar-refractivity contribution < 1.29 is 33.0 Å². The number of nitrogens with zero attached hydrogens (tertiary/aromatic N) is 2. The number of halogens is 3. The number of fused-ring (bicyclic) bond motifs is 1. The number of carboxylic acids is 2. The molecule has 1 aromatic heterocycles. The molecule has 1 aliphatic heterocycles. The Kier molecular flexibility index (Phi) is 8.58. The summed E-state index contributed by atoms with van der Waals surface area (Å²) >= 11 is 0. The summed E-state index contributed by atoms with van der Waals surface area (Å²) in [5.41, 5.74) is 7.10. The molecule has 0 saturated carbocycles. The van der Waals surface area contributed by atoms with Crippen LogP contribution in [0.2, 0.25) is 0 Å². The summed E-state index contributed by atoms with van der Waals surface area (Å²) in [6.45, 7) is 7.48. The second-order valence-electron chi connectivity index (χ2n) is 10.0. The number of alkyl halides is 3. The maximum absolute atomic E-state index is 11.8. The molecule has 210 valence electrons. The Morgan fingerprint density at radius 3 is 2.17 bits per heavy atom. The lowest BCUT2D eigenvalue weighted by atomic mass is 9.94. The minimum atomic E-state index is -5.08. The number of H-pyrrole nitrogens is 1. The van der Waals surface area contributed by atoms with Gasteiger partial charge in [0.2, 0.25) is 0 Å². The van der Waals surface area contributed by atoms with Crippen LogP contribution in [-0.4, -0.2) is 56.3 Å². The number of imidazole rings is 1. The van der Waals surface area contributed by atoms with E-state index in [1.165, 1.54) is 29.5 Å². The highest BCUT2D eigenvalue weighted by molar-refractivity contribution is 6.03. The third-order valence-electron chi connectivity index (χ3n) is 6.99. The van der Waals surface area contributed by atoms with Crippen LogP contribution in [0.4, 0.5) is 13.2 Å². The maximum atomic E-state index is 11.8. The third-order valence-corrected chi connectivity index (χ3v) is 6.99. The third kappa shape index (κ3) is 6.87. The first-order chi connectivity index (χ1) is 18.9. The molecule has 4 aromatic rings. The molecule has 1 fully saturated rings. The van der Waals surface area contributed by atoms with Crippen molar-refractivity contribution in [1.82, 2.24) is 14.9 Å². The molecule has 1 aliphatic rings. The van der Waals surface area contributed by atoms with Gasteiger partial charge in [-0.2, -0.15) is 13.2 Å². The van der Waals surface area contributed by atoms with E-state index in [4.69, 9.17) is 9.90 Å². The van der Waals surface area contributed by atoms with E-state index in [1.54, 1.807) is 6.07 Å². The number of aliphatic carboxylic acids is 1. The number of nitrogens with one attached hydrogen (secondary N) is 1. The summed E-state index contributed by atoms with van der Waals surface area (Å²) in [6, 6.07) is 20.7. The summed E-state index contributed by atoms with van der Waals surface area (Å²) < 4.78 is 31.7. The van der Waals surface area contributed by atoms with Crippen LogP contribution in [0.25, 0.3) is 33.3 Å². The minimum Gasteiger partial charge on any atom is -0.478 e. The molecule has 1 saturated heterocycles. The molecule has 40 heavy (non-hydrogen) atoms. The molecule has 7 nitrogen and oxygen atoms in total. The molecule has 0 unspecified atom stereocenters. The molecule has 0 aliphatic carbocycles. The second kappa shape index (κ2) is 11.9. The Hall–Kier alpha value is -4.18. The van der Waals surface area contributed by atoms with Gasteiger partial charge in [-0.25, -0.2) is 14.6 Å². The molecule has 10 heteroatoms. The zero-order valence-electron chi connectivity index (χ0n) is 22.1. The van der Waals surface area contributed by atoms with Gasteiger partial charge in [0, 0.05) is 6.54 Å². The van der Waals surface area contributed by atoms with Gasteiger partial charge in [-0.3, -0.25) is 4.90 Å². The van der Waals surface area contributed by atoms with Gasteiger partial charge in [0.1, 0.15) is 11.3 Å². The highest BCUT2D eigenvalue weighted by Crippen LogP contribution is 2.31. The summed E-state index contributed by atoms with van der Waals surface area (Å²) in [5, 5.41) is 16.8. The van der Waals surface area contributed by atoms with Gasteiger partial charge in [-0.05, 0) is 78.7 Å². The van der Waals surface area contributed by atoms with Crippen molar-refractivity contribution in [3.8, 4) is 22.3 Å². The first-order valence-electron chi connectivity index (χ1n) is 12.9. The van der Waals surface area contributed by atoms with Crippen molar-refractivity contribution in [3.63, 3.8) is 0 Å². The van der Waals surface area contributed by atoms with Crippen LogP contribution < -0.4 is 0 Å². The lowest BCUT2D eigenvalue weighted by molar-refractivity contribution is -0.192. The van der Waals surface area contributed by atoms with Gasteiger partial charge >= 0.3 is 18.1 Å². The first-order valence-corrected chi connectivity index (χ1v) is 12.9. The number of rotatable bonds is 5. The Morgan fingerprint density at radius 2 is 1.57 bits per heavy atom. The van der Waals surface area contributed by atoms with Crippen LogP contribution in [0.5, 0.6) is 0 Å². The number of carboxylic acid groups (broad SMARTS) is 2. The Balaban J connectivity index is 0.000000470. The fourth-order valence-electron chi connectivity index (χ4n) is 4.81. The topological polar surface area (TPSA) is 107 Å². The molecule has 0 spiro atoms. The molecule has 5 rings (SSSR count). The molecule has 0 bridgehead atoms. The number of benzene rings is 3. The highest BCUT2D eigenvalue weighted by atomic mass is 19.4. The lowest BCUT2D eigenvalue weighted by Crippen LogP contribution is -2.32. The summed E-state index contributed by atoms with van der Waals surface area (Å²) in [4.78, 5) is 30.8. The number of aromatic amines is 1. The number of aryl methyl sites for hydroxylation is 1. The first kappa shape index (κ1) is 28.8. The van der Waals surface area contributed by atoms with Crippen LogP contribution >= 0.6 is 0 Å². The smallest absolute Gasteiger partial charge is 0.478 e. The highest BCUT2D eigenvalue weighted by Gasteiger charge is 2.38. The standard InChI is InChI=1S/C28H29N3O2.C2HF3O2/c1-18-11-13-31(14-12-18)17-22-5-3-4-6-24(22)21-9-7-20(8-10-21)23-15-25(28(32)33)27-26(16-23)29-19(2)30-27;3-2(4,5)1(6)7/h3-10,15-16,18H,11-14,17H2,1-2H3,(H,29,30)(H,32,33);(H,6,7). The molecule has 0 amide bonds. The van der Waals surface area contributed by atoms with Crippen LogP contribution in [-0.2, 0) is 11.3 Å². The molecule has 0 atom stereocenters. The van der Waals surface area contributed by atoms with E-state index >= 15 is 0 Å². The van der Waals surface area contributed by atoms with Crippen LogP contribution in [0.3, 0.4) is 0 Å². The van der Waals surface area contributed by atoms with E-state index in [-0.39, 0.29) is 5.56 Å². The summed E-state index contributed by atoms with van der Waals surface area (Å²) in [5.74, 6) is -2.19. The number of likely N-dealkylation sites (tertiary alicyclic amines) is 1. The Labute approximate surface area is 229 Å². The van der Waals surface area contributed by atoms with E-state index in [0.717, 1.165) is 42.2 Å². The van der Waals surface area contributed by atoms with Crippen LogP contribution in [0.1, 0.15) is 41.5 Å². The number of piperidine rings is 1. The average molecular weight is 554 g/mol. The molecular weight excluding hydrogens is 523 g/mol. The van der Waals surface area contributed by atoms with Gasteiger partial charge in [0.15, 0.2) is 0 Å². The number of hydrogen-bond donors (Lipinski definition) is 3. The number of aromatic nitrogens is 2. The van der Waals surface area contributed by atoms with Crippen molar-refractivity contribution >= 4 is 23.0 Å². The number of aromatic carboxylic acids is 1. The minimum absolute atomic E-state index is 0.220. The predicted octanol–water partition coefficient (Wildman–Crippen LogP) is 6.77. The number of carbonyl (C=O) groups is 2. The Bertz CT molecular complexity index is 1510. The van der Waals surface area contributed by atoms with Crippen molar-refractivity contribution in [1.29, 1.82) is 0 Å². The van der Waals surface area contributed by atoms with Gasteiger partial charge in [-0.1, -0.05) is 55.5 Å². The zero-order chi connectivity index (χ0) is 29.0. The number of hydrogen-bond acceptors (Lipinski definition) is 4. The van der Waals surface area contributed by atoms with Crippen LogP contribution in [0, 0.1) is 12.8 Å². The monoisotopic (exact) mass is 553 g/mol. The van der Waals surface area contributed by atoms with Crippen molar-refractivity contribution in [2.24, 2.45) is 5.92 Å². The van der Waals surface area contributed by atoms with Gasteiger partial charge < -0.3 is 15.2 Å². The fraction of sp³-hybridized carbons (Fsp3) is 0.300. The van der Waals surface area contributed by atoms with Crippen LogP contribution in [0.15, 0.2) is 60.7 Å². The largest absolute Gasteiger partial charge is 0.490 e. The van der Waals surface area contributed by atoms with Gasteiger partial charge in [-0.15, -0.1) is 0 Å². The maximum Gasteiger partial charge on any atom is 0.490 e. The van der Waals surface area contributed by atoms with E-state index in [9.17, 15) is 23.1 Å². The Morgan fingerprint density at radius 1 is 0.975 bits per heavy atom. The summed E-state index contributed by atoms with van der Waals surface area (Å²) in [7, 11) is 0. The van der Waals surface area contributed by atoms with Gasteiger partial charge in [0.25, 0.3) is 0 Å². The SMILES string of the molecule is Cc1nc2c(C(=O)O)cc(-c3ccc(-c4ccccc4CN4CCC(C)CC4)cc3)cc2[nH]1.O=C(O)C(F)(F)F. The van der Waals surface area contributed by atoms with E-state index in [2.05, 4.69) is 70.3 Å².